The van der Waals surface area contributed by atoms with Crippen LogP contribution in [0.5, 0.6) is 5.75 Å². The van der Waals surface area contributed by atoms with Gasteiger partial charge in [0.25, 0.3) is 0 Å². The van der Waals surface area contributed by atoms with Crippen molar-refractivity contribution in [1.82, 2.24) is 15.2 Å². The highest BCUT2D eigenvalue weighted by atomic mass is 16.5. The van der Waals surface area contributed by atoms with E-state index in [1.165, 1.54) is 43.5 Å². The van der Waals surface area contributed by atoms with Gasteiger partial charge in [0, 0.05) is 42.6 Å². The summed E-state index contributed by atoms with van der Waals surface area (Å²) in [5.41, 5.74) is 4.48. The molecule has 3 aromatic rings. The summed E-state index contributed by atoms with van der Waals surface area (Å²) >= 11 is 0. The molecule has 2 aliphatic heterocycles. The van der Waals surface area contributed by atoms with E-state index in [9.17, 15) is 4.79 Å². The van der Waals surface area contributed by atoms with Crippen LogP contribution in [0.3, 0.4) is 0 Å². The first-order valence-corrected chi connectivity index (χ1v) is 13.1. The molecule has 3 heterocycles. The van der Waals surface area contributed by atoms with E-state index in [1.54, 1.807) is 13.3 Å². The third-order valence-corrected chi connectivity index (χ3v) is 7.58. The smallest absolute Gasteiger partial charge is 0.224 e. The first-order valence-electron chi connectivity index (χ1n) is 13.1. The Morgan fingerprint density at radius 3 is 2.50 bits per heavy atom. The predicted molar refractivity (Wildman–Crippen MR) is 143 cm³/mol. The van der Waals surface area contributed by atoms with Gasteiger partial charge in [0.2, 0.25) is 5.91 Å². The number of likely N-dealkylation sites (tertiary alicyclic amines) is 1. The summed E-state index contributed by atoms with van der Waals surface area (Å²) in [6, 6.07) is 23.8. The molecular weight excluding hydrogens is 448 g/mol. The molecule has 6 nitrogen and oxygen atoms in total. The zero-order valence-corrected chi connectivity index (χ0v) is 21.1. The van der Waals surface area contributed by atoms with Crippen molar-refractivity contribution in [2.24, 2.45) is 0 Å². The van der Waals surface area contributed by atoms with Gasteiger partial charge in [-0.2, -0.15) is 0 Å². The van der Waals surface area contributed by atoms with Crippen molar-refractivity contribution in [2.75, 3.05) is 31.6 Å². The lowest BCUT2D eigenvalue weighted by Crippen LogP contribution is -2.44. The first kappa shape index (κ1) is 24.3. The number of nitrogens with zero attached hydrogens (tertiary/aromatic N) is 3. The Bertz CT molecular complexity index is 1130. The van der Waals surface area contributed by atoms with Gasteiger partial charge < -0.3 is 15.0 Å². The minimum atomic E-state index is 0.0180. The molecule has 0 aliphatic carbocycles. The number of hydrogen-bond acceptors (Lipinski definition) is 5. The number of aromatic nitrogens is 1. The minimum absolute atomic E-state index is 0.0180. The zero-order valence-electron chi connectivity index (χ0n) is 21.1. The highest BCUT2D eigenvalue weighted by Gasteiger charge is 2.34. The Morgan fingerprint density at radius 1 is 0.972 bits per heavy atom. The summed E-state index contributed by atoms with van der Waals surface area (Å²) in [5.74, 6) is 1.03. The Hall–Kier alpha value is -3.38. The van der Waals surface area contributed by atoms with Crippen LogP contribution in [0.2, 0.25) is 0 Å². The van der Waals surface area contributed by atoms with Crippen molar-refractivity contribution < 1.29 is 9.53 Å². The molecule has 2 aromatic carbocycles. The third-order valence-electron chi connectivity index (χ3n) is 7.58. The summed E-state index contributed by atoms with van der Waals surface area (Å²) in [6.07, 6.45) is 6.92. The lowest BCUT2D eigenvalue weighted by Gasteiger charge is -2.40. The van der Waals surface area contributed by atoms with Gasteiger partial charge in [0.05, 0.1) is 25.8 Å². The molecule has 0 radical (unpaired) electrons. The van der Waals surface area contributed by atoms with Crippen LogP contribution in [-0.2, 0) is 17.8 Å². The number of ether oxygens (including phenoxy) is 1. The van der Waals surface area contributed by atoms with Crippen LogP contribution in [0.25, 0.3) is 0 Å². The van der Waals surface area contributed by atoms with Crippen LogP contribution < -0.4 is 15.0 Å². The summed E-state index contributed by atoms with van der Waals surface area (Å²) in [5, 5.41) is 2.96. The van der Waals surface area contributed by atoms with Crippen molar-refractivity contribution in [3.63, 3.8) is 0 Å². The maximum atomic E-state index is 12.3. The van der Waals surface area contributed by atoms with Crippen molar-refractivity contribution in [3.8, 4) is 5.75 Å². The molecule has 5 rings (SSSR count). The van der Waals surface area contributed by atoms with E-state index in [4.69, 9.17) is 4.74 Å². The van der Waals surface area contributed by atoms with Gasteiger partial charge in [-0.1, -0.05) is 36.4 Å². The van der Waals surface area contributed by atoms with Gasteiger partial charge >= 0.3 is 0 Å². The monoisotopic (exact) mass is 484 g/mol. The molecule has 6 heteroatoms. The fourth-order valence-electron chi connectivity index (χ4n) is 5.72. The van der Waals surface area contributed by atoms with Gasteiger partial charge in [-0.05, 0) is 68.1 Å². The molecule has 36 heavy (non-hydrogen) atoms. The van der Waals surface area contributed by atoms with Crippen LogP contribution in [0, 0.1) is 0 Å². The van der Waals surface area contributed by atoms with Crippen LogP contribution >= 0.6 is 0 Å². The quantitative estimate of drug-likeness (QED) is 0.500. The average molecular weight is 485 g/mol. The van der Waals surface area contributed by atoms with E-state index in [1.807, 2.05) is 18.2 Å². The number of benzene rings is 2. The molecule has 1 unspecified atom stereocenters. The minimum Gasteiger partial charge on any atom is -0.496 e. The fraction of sp³-hybridized carbons (Fsp3) is 0.400. The van der Waals surface area contributed by atoms with Crippen LogP contribution in [-0.4, -0.2) is 48.6 Å². The molecule has 1 amide bonds. The highest BCUT2D eigenvalue weighted by molar-refractivity contribution is 5.78. The van der Waals surface area contributed by atoms with Crippen molar-refractivity contribution in [3.05, 3.63) is 89.7 Å². The summed E-state index contributed by atoms with van der Waals surface area (Å²) in [6.45, 7) is 3.75. The molecule has 2 saturated heterocycles. The first-order chi connectivity index (χ1) is 17.7. The Kier molecular flexibility index (Phi) is 7.82. The SMILES string of the molecule is COc1ccccc1C1CCCN1C1CCN(c2ccc(CC(=O)NCc3ccccn3)cc2)CC1. The molecule has 1 aromatic heterocycles. The van der Waals surface area contributed by atoms with Gasteiger partial charge in [-0.25, -0.2) is 0 Å². The summed E-state index contributed by atoms with van der Waals surface area (Å²) < 4.78 is 5.67. The maximum Gasteiger partial charge on any atom is 0.224 e. The fourth-order valence-corrected chi connectivity index (χ4v) is 5.72. The van der Waals surface area contributed by atoms with E-state index in [2.05, 4.69) is 68.6 Å². The molecule has 0 bridgehead atoms. The largest absolute Gasteiger partial charge is 0.496 e. The Labute approximate surface area is 214 Å². The standard InChI is InChI=1S/C30H36N4O2/c1-36-29-10-3-2-8-27(29)28-9-6-18-34(28)26-15-19-33(20-16-26)25-13-11-23(12-14-25)21-30(35)32-22-24-7-4-5-17-31-24/h2-5,7-8,10-14,17,26,28H,6,9,15-16,18-22H2,1H3,(H,32,35). The predicted octanol–water partition coefficient (Wildman–Crippen LogP) is 4.76. The molecule has 0 saturated carbocycles. The summed E-state index contributed by atoms with van der Waals surface area (Å²) in [7, 11) is 1.77. The van der Waals surface area contributed by atoms with Crippen molar-refractivity contribution >= 4 is 11.6 Å². The number of para-hydroxylation sites is 1. The summed E-state index contributed by atoms with van der Waals surface area (Å²) in [4.78, 5) is 21.8. The number of rotatable bonds is 8. The number of nitrogens with one attached hydrogen (secondary N) is 1. The second-order valence-corrected chi connectivity index (χ2v) is 9.80. The number of anilines is 1. The molecule has 2 fully saturated rings. The topological polar surface area (TPSA) is 57.7 Å². The second-order valence-electron chi connectivity index (χ2n) is 9.80. The number of carbonyl (C=O) groups excluding carboxylic acids is 1. The average Bonchev–Trinajstić information content (AvgIpc) is 3.43. The lowest BCUT2D eigenvalue weighted by molar-refractivity contribution is -0.120. The van der Waals surface area contributed by atoms with Gasteiger partial charge in [-0.3, -0.25) is 14.7 Å². The highest BCUT2D eigenvalue weighted by Crippen LogP contribution is 2.40. The van der Waals surface area contributed by atoms with Crippen molar-refractivity contribution in [2.45, 2.75) is 50.7 Å². The van der Waals surface area contributed by atoms with E-state index >= 15 is 0 Å². The zero-order chi connectivity index (χ0) is 24.7. The second kappa shape index (κ2) is 11.6. The third kappa shape index (κ3) is 5.71. The number of methoxy groups -OCH3 is 1. The lowest BCUT2D eigenvalue weighted by atomic mass is 9.98. The normalized spacial score (nSPS) is 18.8. The molecule has 2 aliphatic rings. The van der Waals surface area contributed by atoms with Gasteiger partial charge in [-0.15, -0.1) is 0 Å². The number of amides is 1. The van der Waals surface area contributed by atoms with Crippen molar-refractivity contribution in [1.29, 1.82) is 0 Å². The molecule has 0 spiro atoms. The van der Waals surface area contributed by atoms with E-state index in [0.29, 0.717) is 25.0 Å². The molecule has 1 atom stereocenters. The van der Waals surface area contributed by atoms with Crippen LogP contribution in [0.15, 0.2) is 72.9 Å². The van der Waals surface area contributed by atoms with Crippen LogP contribution in [0.1, 0.15) is 48.5 Å². The molecule has 1 N–H and O–H groups in total. The Balaban J connectivity index is 1.13. The maximum absolute atomic E-state index is 12.3. The van der Waals surface area contributed by atoms with Gasteiger partial charge in [0.1, 0.15) is 5.75 Å². The number of hydrogen-bond donors (Lipinski definition) is 1. The molecule has 188 valence electrons. The van der Waals surface area contributed by atoms with Gasteiger partial charge in [0.15, 0.2) is 0 Å². The Morgan fingerprint density at radius 2 is 1.75 bits per heavy atom. The van der Waals surface area contributed by atoms with E-state index in [-0.39, 0.29) is 5.91 Å². The van der Waals surface area contributed by atoms with Crippen LogP contribution in [0.4, 0.5) is 5.69 Å². The van der Waals surface area contributed by atoms with E-state index in [0.717, 1.165) is 30.1 Å². The number of pyridine rings is 1. The number of piperidine rings is 1. The number of carbonyl (C=O) groups is 1. The van der Waals surface area contributed by atoms with E-state index < -0.39 is 0 Å². The molecular formula is C30H36N4O2.